The van der Waals surface area contributed by atoms with Crippen molar-refractivity contribution >= 4 is 5.97 Å². The number of hydrogen-bond acceptors (Lipinski definition) is 4. The zero-order valence-corrected chi connectivity index (χ0v) is 13.5. The molecule has 4 heteroatoms. The average molecular weight is 293 g/mol. The van der Waals surface area contributed by atoms with Crippen LogP contribution in [0.2, 0.25) is 0 Å². The normalized spacial score (nSPS) is 14.0. The van der Waals surface area contributed by atoms with Gasteiger partial charge in [-0.15, -0.1) is 0 Å². The first-order valence-corrected chi connectivity index (χ1v) is 7.41. The third kappa shape index (κ3) is 6.74. The molecule has 1 atom stereocenters. The maximum absolute atomic E-state index is 11.4. The maximum atomic E-state index is 11.4. The summed E-state index contributed by atoms with van der Waals surface area (Å²) in [6, 6.07) is 7.78. The summed E-state index contributed by atoms with van der Waals surface area (Å²) < 4.78 is 4.71. The highest BCUT2D eigenvalue weighted by Crippen LogP contribution is 2.16. The minimum absolute atomic E-state index is 0.241. The Morgan fingerprint density at radius 3 is 2.52 bits per heavy atom. The fourth-order valence-corrected chi connectivity index (χ4v) is 2.55. The van der Waals surface area contributed by atoms with Crippen LogP contribution < -0.4 is 5.32 Å². The Bertz CT molecular complexity index is 455. The van der Waals surface area contributed by atoms with Gasteiger partial charge in [0.15, 0.2) is 0 Å². The number of hydrogen-bond donors (Lipinski definition) is 2. The molecular formula is C17H27NO3. The van der Waals surface area contributed by atoms with E-state index in [-0.39, 0.29) is 12.4 Å². The number of carbonyl (C=O) groups is 1. The van der Waals surface area contributed by atoms with Crippen LogP contribution in [0, 0.1) is 5.92 Å². The summed E-state index contributed by atoms with van der Waals surface area (Å²) >= 11 is 0. The van der Waals surface area contributed by atoms with Gasteiger partial charge in [-0.05, 0) is 30.4 Å². The molecule has 0 heterocycles. The van der Waals surface area contributed by atoms with Crippen LogP contribution in [0.3, 0.4) is 0 Å². The molecule has 1 rings (SSSR count). The number of ether oxygens (including phenoxy) is 1. The van der Waals surface area contributed by atoms with Crippen molar-refractivity contribution in [1.29, 1.82) is 0 Å². The summed E-state index contributed by atoms with van der Waals surface area (Å²) in [5, 5.41) is 13.6. The van der Waals surface area contributed by atoms with E-state index in [9.17, 15) is 9.90 Å². The van der Waals surface area contributed by atoms with Crippen molar-refractivity contribution in [2.24, 2.45) is 5.92 Å². The molecule has 0 saturated carbocycles. The number of benzene rings is 1. The van der Waals surface area contributed by atoms with Gasteiger partial charge >= 0.3 is 5.97 Å². The zero-order chi connectivity index (χ0) is 15.9. The van der Waals surface area contributed by atoms with Gasteiger partial charge in [0.1, 0.15) is 0 Å². The van der Waals surface area contributed by atoms with E-state index in [2.05, 4.69) is 19.2 Å². The summed E-state index contributed by atoms with van der Waals surface area (Å²) in [6.07, 6.45) is 1.03. The lowest BCUT2D eigenvalue weighted by atomic mass is 9.94. The van der Waals surface area contributed by atoms with E-state index in [0.29, 0.717) is 19.0 Å². The number of aliphatic hydroxyl groups is 1. The monoisotopic (exact) mass is 293 g/mol. The van der Waals surface area contributed by atoms with Gasteiger partial charge in [-0.2, -0.15) is 0 Å². The van der Waals surface area contributed by atoms with Crippen LogP contribution in [-0.4, -0.2) is 30.3 Å². The highest BCUT2D eigenvalue weighted by atomic mass is 16.5. The van der Waals surface area contributed by atoms with Crippen LogP contribution >= 0.6 is 0 Å². The van der Waals surface area contributed by atoms with Crippen molar-refractivity contribution in [3.8, 4) is 0 Å². The number of rotatable bonds is 8. The summed E-state index contributed by atoms with van der Waals surface area (Å²) in [7, 11) is 1.40. The first-order valence-electron chi connectivity index (χ1n) is 7.41. The fourth-order valence-electron chi connectivity index (χ4n) is 2.55. The average Bonchev–Trinajstić information content (AvgIpc) is 2.38. The molecule has 0 amide bonds. The Kier molecular flexibility index (Phi) is 6.85. The van der Waals surface area contributed by atoms with Gasteiger partial charge in [0, 0.05) is 13.1 Å². The summed E-state index contributed by atoms with van der Waals surface area (Å²) in [5.41, 5.74) is 1.30. The first kappa shape index (κ1) is 17.7. The zero-order valence-electron chi connectivity index (χ0n) is 13.5. The molecule has 0 aliphatic carbocycles. The second kappa shape index (κ2) is 8.15. The van der Waals surface area contributed by atoms with E-state index < -0.39 is 5.60 Å². The lowest BCUT2D eigenvalue weighted by molar-refractivity contribution is -0.139. The Morgan fingerprint density at radius 1 is 1.33 bits per heavy atom. The Hall–Kier alpha value is -1.39. The van der Waals surface area contributed by atoms with Gasteiger partial charge < -0.3 is 15.2 Å². The molecule has 118 valence electrons. The van der Waals surface area contributed by atoms with Gasteiger partial charge in [-0.3, -0.25) is 4.79 Å². The van der Waals surface area contributed by atoms with Crippen molar-refractivity contribution in [2.75, 3.05) is 13.7 Å². The second-order valence-corrected chi connectivity index (χ2v) is 6.22. The molecular weight excluding hydrogens is 266 g/mol. The second-order valence-electron chi connectivity index (χ2n) is 6.22. The molecule has 4 nitrogen and oxygen atoms in total. The van der Waals surface area contributed by atoms with Gasteiger partial charge in [0.05, 0.1) is 19.1 Å². The summed E-state index contributed by atoms with van der Waals surface area (Å²) in [5.74, 6) is 0.211. The van der Waals surface area contributed by atoms with Crippen molar-refractivity contribution in [2.45, 2.75) is 45.8 Å². The Labute approximate surface area is 127 Å². The molecule has 0 radical (unpaired) electrons. The van der Waals surface area contributed by atoms with E-state index >= 15 is 0 Å². The highest BCUT2D eigenvalue weighted by molar-refractivity contribution is 5.72. The maximum Gasteiger partial charge on any atom is 0.309 e. The van der Waals surface area contributed by atoms with Crippen LogP contribution in [-0.2, 0) is 22.5 Å². The van der Waals surface area contributed by atoms with Crippen LogP contribution in [0.25, 0.3) is 0 Å². The third-order valence-electron chi connectivity index (χ3n) is 3.35. The lowest BCUT2D eigenvalue weighted by Crippen LogP contribution is -2.38. The minimum Gasteiger partial charge on any atom is -0.469 e. The van der Waals surface area contributed by atoms with E-state index in [1.165, 1.54) is 7.11 Å². The van der Waals surface area contributed by atoms with Gasteiger partial charge in [0.2, 0.25) is 0 Å². The molecule has 0 fully saturated rings. The predicted molar refractivity (Wildman–Crippen MR) is 83.9 cm³/mol. The lowest BCUT2D eigenvalue weighted by Gasteiger charge is -2.26. The van der Waals surface area contributed by atoms with Crippen molar-refractivity contribution in [3.63, 3.8) is 0 Å². The summed E-state index contributed by atoms with van der Waals surface area (Å²) in [6.45, 7) is 7.19. The summed E-state index contributed by atoms with van der Waals surface area (Å²) in [4.78, 5) is 11.4. The number of nitrogens with one attached hydrogen (secondary N) is 1. The minimum atomic E-state index is -0.717. The topological polar surface area (TPSA) is 58.6 Å². The molecule has 1 aromatic rings. The highest BCUT2D eigenvalue weighted by Gasteiger charge is 2.21. The molecule has 1 aromatic carbocycles. The number of carbonyl (C=O) groups excluding carboxylic acids is 1. The van der Waals surface area contributed by atoms with E-state index in [1.807, 2.05) is 31.2 Å². The van der Waals surface area contributed by atoms with Gasteiger partial charge in [-0.1, -0.05) is 38.1 Å². The van der Waals surface area contributed by atoms with Crippen molar-refractivity contribution in [3.05, 3.63) is 35.4 Å². The van der Waals surface area contributed by atoms with Crippen LogP contribution in [0.5, 0.6) is 0 Å². The number of methoxy groups -OCH3 is 1. The van der Waals surface area contributed by atoms with E-state index in [1.54, 1.807) is 0 Å². The SMILES string of the molecule is COC(=O)Cc1ccccc1CNCC(C)(O)CC(C)C. The Morgan fingerprint density at radius 2 is 1.95 bits per heavy atom. The smallest absolute Gasteiger partial charge is 0.309 e. The van der Waals surface area contributed by atoms with Gasteiger partial charge in [-0.25, -0.2) is 0 Å². The number of esters is 1. The molecule has 0 aliphatic rings. The molecule has 0 spiro atoms. The molecule has 0 aromatic heterocycles. The quantitative estimate of drug-likeness (QED) is 0.722. The van der Waals surface area contributed by atoms with Gasteiger partial charge in [0.25, 0.3) is 0 Å². The molecule has 0 saturated heterocycles. The van der Waals surface area contributed by atoms with E-state index in [0.717, 1.165) is 17.5 Å². The van der Waals surface area contributed by atoms with Crippen molar-refractivity contribution < 1.29 is 14.6 Å². The fraction of sp³-hybridized carbons (Fsp3) is 0.588. The molecule has 0 bridgehead atoms. The van der Waals surface area contributed by atoms with E-state index in [4.69, 9.17) is 4.74 Å². The van der Waals surface area contributed by atoms with Crippen LogP contribution in [0.4, 0.5) is 0 Å². The van der Waals surface area contributed by atoms with Crippen molar-refractivity contribution in [1.82, 2.24) is 5.32 Å². The van der Waals surface area contributed by atoms with Crippen LogP contribution in [0.15, 0.2) is 24.3 Å². The Balaban J connectivity index is 2.57. The van der Waals surface area contributed by atoms with Crippen LogP contribution in [0.1, 0.15) is 38.3 Å². The largest absolute Gasteiger partial charge is 0.469 e. The molecule has 21 heavy (non-hydrogen) atoms. The predicted octanol–water partition coefficient (Wildman–Crippen LogP) is 2.29. The standard InChI is InChI=1S/C17H27NO3/c1-13(2)10-17(3,20)12-18-11-15-8-6-5-7-14(15)9-16(19)21-4/h5-8,13,18,20H,9-12H2,1-4H3. The first-order chi connectivity index (χ1) is 9.84. The molecule has 1 unspecified atom stereocenters. The molecule has 2 N–H and O–H groups in total. The third-order valence-corrected chi connectivity index (χ3v) is 3.35. The molecule has 0 aliphatic heterocycles.